The lowest BCUT2D eigenvalue weighted by atomic mass is 9.86. The van der Waals surface area contributed by atoms with Crippen LogP contribution in [0, 0.1) is 13.8 Å². The number of rotatable bonds is 2. The maximum Gasteiger partial charge on any atom is 0.125 e. The third-order valence-electron chi connectivity index (χ3n) is 3.77. The van der Waals surface area contributed by atoms with Crippen LogP contribution in [0.25, 0.3) is 0 Å². The number of hydrogen-bond donors (Lipinski definition) is 1. The van der Waals surface area contributed by atoms with Gasteiger partial charge in [-0.3, -0.25) is 0 Å². The van der Waals surface area contributed by atoms with E-state index >= 15 is 0 Å². The van der Waals surface area contributed by atoms with Crippen molar-refractivity contribution in [1.82, 2.24) is 5.32 Å². The van der Waals surface area contributed by atoms with E-state index in [-0.39, 0.29) is 5.54 Å². The molecule has 1 fully saturated rings. The number of methoxy groups -OCH3 is 1. The van der Waals surface area contributed by atoms with Gasteiger partial charge in [-0.2, -0.15) is 0 Å². The highest BCUT2D eigenvalue weighted by Gasteiger charge is 2.32. The average molecular weight is 219 g/mol. The highest BCUT2D eigenvalue weighted by atomic mass is 16.5. The van der Waals surface area contributed by atoms with Crippen molar-refractivity contribution in [3.8, 4) is 5.75 Å². The Bertz CT molecular complexity index is 392. The molecule has 0 aliphatic carbocycles. The minimum absolute atomic E-state index is 0.130. The van der Waals surface area contributed by atoms with Gasteiger partial charge in [-0.25, -0.2) is 0 Å². The van der Waals surface area contributed by atoms with Gasteiger partial charge in [0.05, 0.1) is 7.11 Å². The van der Waals surface area contributed by atoms with Crippen LogP contribution in [-0.2, 0) is 5.54 Å². The number of benzene rings is 1. The molecule has 0 radical (unpaired) electrons. The van der Waals surface area contributed by atoms with Crippen molar-refractivity contribution in [2.45, 2.75) is 39.2 Å². The Morgan fingerprint density at radius 3 is 2.62 bits per heavy atom. The molecule has 0 aromatic heterocycles. The normalized spacial score (nSPS) is 24.8. The average Bonchev–Trinajstić information content (AvgIpc) is 2.66. The lowest BCUT2D eigenvalue weighted by Gasteiger charge is -2.28. The van der Waals surface area contributed by atoms with Gasteiger partial charge < -0.3 is 10.1 Å². The first kappa shape index (κ1) is 11.5. The fraction of sp³-hybridized carbons (Fsp3) is 0.571. The van der Waals surface area contributed by atoms with E-state index < -0.39 is 0 Å². The van der Waals surface area contributed by atoms with Gasteiger partial charge in [0.25, 0.3) is 0 Å². The molecule has 1 aromatic rings. The summed E-state index contributed by atoms with van der Waals surface area (Å²) < 4.78 is 5.49. The first-order valence-corrected chi connectivity index (χ1v) is 5.98. The van der Waals surface area contributed by atoms with Crippen molar-refractivity contribution in [3.05, 3.63) is 28.8 Å². The highest BCUT2D eigenvalue weighted by molar-refractivity contribution is 5.48. The Morgan fingerprint density at radius 2 is 2.06 bits per heavy atom. The van der Waals surface area contributed by atoms with Crippen LogP contribution in [0.2, 0.25) is 0 Å². The van der Waals surface area contributed by atoms with Gasteiger partial charge in [0.15, 0.2) is 0 Å². The van der Waals surface area contributed by atoms with Crippen molar-refractivity contribution in [1.29, 1.82) is 0 Å². The number of ether oxygens (including phenoxy) is 1. The molecule has 88 valence electrons. The Morgan fingerprint density at radius 1 is 1.31 bits per heavy atom. The van der Waals surface area contributed by atoms with E-state index in [1.54, 1.807) is 7.11 Å². The van der Waals surface area contributed by atoms with Gasteiger partial charge in [0.2, 0.25) is 0 Å². The minimum atomic E-state index is 0.130. The molecule has 1 aromatic carbocycles. The van der Waals surface area contributed by atoms with E-state index in [2.05, 4.69) is 38.2 Å². The van der Waals surface area contributed by atoms with Crippen molar-refractivity contribution in [2.24, 2.45) is 0 Å². The molecule has 1 N–H and O–H groups in total. The lowest BCUT2D eigenvalue weighted by Crippen LogP contribution is -2.34. The summed E-state index contributed by atoms with van der Waals surface area (Å²) in [5, 5.41) is 3.61. The fourth-order valence-electron chi connectivity index (χ4n) is 2.86. The second-order valence-electron chi connectivity index (χ2n) is 4.95. The van der Waals surface area contributed by atoms with Gasteiger partial charge >= 0.3 is 0 Å². The summed E-state index contributed by atoms with van der Waals surface area (Å²) in [5.74, 6) is 1.03. The van der Waals surface area contributed by atoms with Crippen LogP contribution < -0.4 is 10.1 Å². The molecule has 16 heavy (non-hydrogen) atoms. The monoisotopic (exact) mass is 219 g/mol. The molecule has 0 spiro atoms. The molecule has 2 rings (SSSR count). The SMILES string of the molecule is COc1c(C)ccc(C2(C)CCCN2)c1C. The summed E-state index contributed by atoms with van der Waals surface area (Å²) in [5.41, 5.74) is 4.00. The Labute approximate surface area is 98.0 Å². The summed E-state index contributed by atoms with van der Waals surface area (Å²) in [6.45, 7) is 7.66. The molecule has 1 heterocycles. The molecular weight excluding hydrogens is 198 g/mol. The third-order valence-corrected chi connectivity index (χ3v) is 3.77. The van der Waals surface area contributed by atoms with E-state index in [9.17, 15) is 0 Å². The van der Waals surface area contributed by atoms with Gasteiger partial charge in [-0.05, 0) is 56.8 Å². The molecule has 1 unspecified atom stereocenters. The second kappa shape index (κ2) is 4.10. The smallest absolute Gasteiger partial charge is 0.125 e. The third kappa shape index (κ3) is 1.71. The molecule has 1 atom stereocenters. The predicted octanol–water partition coefficient (Wildman–Crippen LogP) is 2.91. The predicted molar refractivity (Wildman–Crippen MR) is 67.1 cm³/mol. The van der Waals surface area contributed by atoms with E-state index in [0.29, 0.717) is 0 Å². The standard InChI is InChI=1S/C14H21NO/c1-10-6-7-12(11(2)13(10)16-4)14(3)8-5-9-15-14/h6-7,15H,5,8-9H2,1-4H3. The minimum Gasteiger partial charge on any atom is -0.496 e. The molecule has 1 aliphatic heterocycles. The maximum atomic E-state index is 5.49. The van der Waals surface area contributed by atoms with E-state index in [4.69, 9.17) is 4.74 Å². The van der Waals surface area contributed by atoms with Crippen LogP contribution in [0.1, 0.15) is 36.5 Å². The molecule has 1 aliphatic rings. The zero-order valence-electron chi connectivity index (χ0n) is 10.7. The van der Waals surface area contributed by atoms with Crippen LogP contribution in [0.15, 0.2) is 12.1 Å². The molecule has 2 heteroatoms. The molecule has 1 saturated heterocycles. The van der Waals surface area contributed by atoms with Crippen LogP contribution in [0.4, 0.5) is 0 Å². The van der Waals surface area contributed by atoms with Crippen molar-refractivity contribution < 1.29 is 4.74 Å². The maximum absolute atomic E-state index is 5.49. The Kier molecular flexibility index (Phi) is 2.94. The van der Waals surface area contributed by atoms with Crippen LogP contribution in [0.5, 0.6) is 5.75 Å². The molecular formula is C14H21NO. The topological polar surface area (TPSA) is 21.3 Å². The molecule has 0 bridgehead atoms. The van der Waals surface area contributed by atoms with Gasteiger partial charge in [0.1, 0.15) is 5.75 Å². The number of aryl methyl sites for hydroxylation is 1. The zero-order chi connectivity index (χ0) is 11.8. The molecule has 0 amide bonds. The largest absolute Gasteiger partial charge is 0.496 e. The first-order valence-electron chi connectivity index (χ1n) is 5.98. The van der Waals surface area contributed by atoms with Crippen molar-refractivity contribution >= 4 is 0 Å². The van der Waals surface area contributed by atoms with Crippen LogP contribution in [-0.4, -0.2) is 13.7 Å². The first-order chi connectivity index (χ1) is 7.58. The lowest BCUT2D eigenvalue weighted by molar-refractivity contribution is 0.396. The Balaban J connectivity index is 2.49. The summed E-state index contributed by atoms with van der Waals surface area (Å²) in [4.78, 5) is 0. The summed E-state index contributed by atoms with van der Waals surface area (Å²) in [6, 6.07) is 4.40. The van der Waals surface area contributed by atoms with Crippen molar-refractivity contribution in [3.63, 3.8) is 0 Å². The highest BCUT2D eigenvalue weighted by Crippen LogP contribution is 2.36. The Hall–Kier alpha value is -1.02. The molecule has 2 nitrogen and oxygen atoms in total. The van der Waals surface area contributed by atoms with Crippen molar-refractivity contribution in [2.75, 3.05) is 13.7 Å². The number of hydrogen-bond acceptors (Lipinski definition) is 2. The second-order valence-corrected chi connectivity index (χ2v) is 4.95. The van der Waals surface area contributed by atoms with E-state index in [1.165, 1.54) is 29.5 Å². The van der Waals surface area contributed by atoms with E-state index in [1.807, 2.05) is 0 Å². The summed E-state index contributed by atoms with van der Waals surface area (Å²) in [7, 11) is 1.75. The van der Waals surface area contributed by atoms with E-state index in [0.717, 1.165) is 12.3 Å². The zero-order valence-corrected chi connectivity index (χ0v) is 10.7. The number of nitrogens with one attached hydrogen (secondary N) is 1. The quantitative estimate of drug-likeness (QED) is 0.825. The van der Waals surface area contributed by atoms with Gasteiger partial charge in [-0.15, -0.1) is 0 Å². The van der Waals surface area contributed by atoms with Crippen LogP contribution >= 0.6 is 0 Å². The van der Waals surface area contributed by atoms with Gasteiger partial charge in [-0.1, -0.05) is 12.1 Å². The van der Waals surface area contributed by atoms with Gasteiger partial charge in [0, 0.05) is 5.54 Å². The summed E-state index contributed by atoms with van der Waals surface area (Å²) in [6.07, 6.45) is 2.46. The summed E-state index contributed by atoms with van der Waals surface area (Å²) >= 11 is 0. The molecule has 0 saturated carbocycles. The van der Waals surface area contributed by atoms with Crippen LogP contribution in [0.3, 0.4) is 0 Å². The fourth-order valence-corrected chi connectivity index (χ4v) is 2.86.